The van der Waals surface area contributed by atoms with E-state index in [0.717, 1.165) is 16.7 Å². The Hall–Kier alpha value is -2.76. The van der Waals surface area contributed by atoms with Crippen LogP contribution >= 0.6 is 0 Å². The molecule has 1 aromatic carbocycles. The molecule has 0 aliphatic carbocycles. The summed E-state index contributed by atoms with van der Waals surface area (Å²) in [5.74, 6) is 0.386. The number of carbonyl (C=O) groups is 2. The number of nitrogens with one attached hydrogen (secondary N) is 3. The topological polar surface area (TPSA) is 83.4 Å². The van der Waals surface area contributed by atoms with Gasteiger partial charge in [-0.2, -0.15) is 0 Å². The number of hydrogen-bond acceptors (Lipinski definition) is 3. The van der Waals surface area contributed by atoms with Crippen molar-refractivity contribution in [1.82, 2.24) is 16.0 Å². The zero-order chi connectivity index (χ0) is 17.5. The molecule has 1 heterocycles. The molecule has 6 heteroatoms. The third-order valence-electron chi connectivity index (χ3n) is 3.54. The van der Waals surface area contributed by atoms with E-state index in [2.05, 4.69) is 22.0 Å². The molecule has 0 bridgehead atoms. The molecule has 2 aromatic rings. The summed E-state index contributed by atoms with van der Waals surface area (Å²) in [5, 5.41) is 8.04. The van der Waals surface area contributed by atoms with Gasteiger partial charge in [-0.05, 0) is 38.5 Å². The molecule has 128 valence electrons. The summed E-state index contributed by atoms with van der Waals surface area (Å²) in [6.45, 7) is 6.16. The number of rotatable bonds is 6. The average Bonchev–Trinajstić information content (AvgIpc) is 3.03. The third kappa shape index (κ3) is 5.46. The van der Waals surface area contributed by atoms with Crippen molar-refractivity contribution in [1.29, 1.82) is 0 Å². The molecule has 0 aliphatic heterocycles. The van der Waals surface area contributed by atoms with Crippen LogP contribution in [0.3, 0.4) is 0 Å². The quantitative estimate of drug-likeness (QED) is 0.761. The SMILES string of the molecule is Cc1cc(C)cc([C@@H](C)NC(=O)NCC(=O)NCc2ccco2)c1. The second-order valence-corrected chi connectivity index (χ2v) is 5.83. The fourth-order valence-electron chi connectivity index (χ4n) is 2.41. The van der Waals surface area contributed by atoms with Gasteiger partial charge in [-0.25, -0.2) is 4.79 Å². The van der Waals surface area contributed by atoms with E-state index >= 15 is 0 Å². The first-order valence-corrected chi connectivity index (χ1v) is 7.85. The van der Waals surface area contributed by atoms with Crippen molar-refractivity contribution in [3.63, 3.8) is 0 Å². The molecule has 3 N–H and O–H groups in total. The third-order valence-corrected chi connectivity index (χ3v) is 3.54. The smallest absolute Gasteiger partial charge is 0.315 e. The number of furan rings is 1. The molecule has 0 fully saturated rings. The van der Waals surface area contributed by atoms with Gasteiger partial charge >= 0.3 is 6.03 Å². The summed E-state index contributed by atoms with van der Waals surface area (Å²) in [4.78, 5) is 23.6. The minimum Gasteiger partial charge on any atom is -0.467 e. The Kier molecular flexibility index (Phi) is 6.01. The highest BCUT2D eigenvalue weighted by atomic mass is 16.3. The number of benzene rings is 1. The first-order valence-electron chi connectivity index (χ1n) is 7.85. The van der Waals surface area contributed by atoms with Gasteiger partial charge in [0.1, 0.15) is 5.76 Å². The van der Waals surface area contributed by atoms with Crippen molar-refractivity contribution in [2.75, 3.05) is 6.54 Å². The molecule has 0 saturated heterocycles. The van der Waals surface area contributed by atoms with Crippen LogP contribution in [-0.4, -0.2) is 18.5 Å². The molecular formula is C18H23N3O3. The standard InChI is InChI=1S/C18H23N3O3/c1-12-7-13(2)9-15(8-12)14(3)21-18(23)20-11-17(22)19-10-16-5-4-6-24-16/h4-9,14H,10-11H2,1-3H3,(H,19,22)(H2,20,21,23)/t14-/m1/s1. The molecule has 0 unspecified atom stereocenters. The molecule has 24 heavy (non-hydrogen) atoms. The molecule has 3 amide bonds. The Morgan fingerprint density at radius 1 is 1.12 bits per heavy atom. The minimum absolute atomic E-state index is 0.0912. The molecule has 6 nitrogen and oxygen atoms in total. The molecule has 1 atom stereocenters. The number of amides is 3. The maximum Gasteiger partial charge on any atom is 0.315 e. The van der Waals surface area contributed by atoms with E-state index in [0.29, 0.717) is 12.3 Å². The largest absolute Gasteiger partial charge is 0.467 e. The summed E-state index contributed by atoms with van der Waals surface area (Å²) >= 11 is 0. The first kappa shape index (κ1) is 17.6. The average molecular weight is 329 g/mol. The summed E-state index contributed by atoms with van der Waals surface area (Å²) in [6.07, 6.45) is 1.54. The van der Waals surface area contributed by atoms with Crippen LogP contribution in [0.5, 0.6) is 0 Å². The van der Waals surface area contributed by atoms with E-state index in [9.17, 15) is 9.59 Å². The Bertz CT molecular complexity index is 675. The van der Waals surface area contributed by atoms with Crippen LogP contribution < -0.4 is 16.0 Å². The van der Waals surface area contributed by atoms with Crippen LogP contribution in [0.15, 0.2) is 41.0 Å². The molecular weight excluding hydrogens is 306 g/mol. The van der Waals surface area contributed by atoms with Crippen molar-refractivity contribution in [3.05, 3.63) is 59.0 Å². The predicted octanol–water partition coefficient (Wildman–Crippen LogP) is 2.57. The van der Waals surface area contributed by atoms with Crippen molar-refractivity contribution in [2.45, 2.75) is 33.4 Å². The van der Waals surface area contributed by atoms with Gasteiger partial charge < -0.3 is 20.4 Å². The maximum atomic E-state index is 11.9. The van der Waals surface area contributed by atoms with Gasteiger partial charge in [0.15, 0.2) is 0 Å². The number of urea groups is 1. The van der Waals surface area contributed by atoms with Crippen molar-refractivity contribution in [2.24, 2.45) is 0 Å². The fourth-order valence-corrected chi connectivity index (χ4v) is 2.41. The lowest BCUT2D eigenvalue weighted by Gasteiger charge is -2.16. The van der Waals surface area contributed by atoms with Gasteiger partial charge in [0.2, 0.25) is 5.91 Å². The van der Waals surface area contributed by atoms with Crippen LogP contribution in [0.4, 0.5) is 4.79 Å². The number of hydrogen-bond donors (Lipinski definition) is 3. The summed E-state index contributed by atoms with van der Waals surface area (Å²) in [6, 6.07) is 9.15. The Morgan fingerprint density at radius 3 is 2.46 bits per heavy atom. The summed E-state index contributed by atoms with van der Waals surface area (Å²) in [5.41, 5.74) is 3.33. The van der Waals surface area contributed by atoms with Gasteiger partial charge in [0, 0.05) is 0 Å². The van der Waals surface area contributed by atoms with E-state index in [1.54, 1.807) is 18.4 Å². The van der Waals surface area contributed by atoms with Crippen molar-refractivity contribution < 1.29 is 14.0 Å². The second-order valence-electron chi connectivity index (χ2n) is 5.83. The highest BCUT2D eigenvalue weighted by molar-refractivity contribution is 5.83. The minimum atomic E-state index is -0.380. The normalized spacial score (nSPS) is 11.6. The van der Waals surface area contributed by atoms with Crippen LogP contribution in [-0.2, 0) is 11.3 Å². The van der Waals surface area contributed by atoms with Gasteiger partial charge in [-0.1, -0.05) is 29.3 Å². The monoisotopic (exact) mass is 329 g/mol. The molecule has 0 saturated carbocycles. The predicted molar refractivity (Wildman–Crippen MR) is 91.4 cm³/mol. The Morgan fingerprint density at radius 2 is 1.83 bits per heavy atom. The fraction of sp³-hybridized carbons (Fsp3) is 0.333. The van der Waals surface area contributed by atoms with Gasteiger partial charge in [0.05, 0.1) is 25.4 Å². The van der Waals surface area contributed by atoms with E-state index < -0.39 is 0 Å². The van der Waals surface area contributed by atoms with E-state index in [4.69, 9.17) is 4.42 Å². The van der Waals surface area contributed by atoms with Crippen LogP contribution in [0.25, 0.3) is 0 Å². The Labute approximate surface area is 141 Å². The summed E-state index contributed by atoms with van der Waals surface area (Å²) in [7, 11) is 0. The zero-order valence-electron chi connectivity index (χ0n) is 14.2. The van der Waals surface area contributed by atoms with Crippen LogP contribution in [0.1, 0.15) is 35.4 Å². The number of aryl methyl sites for hydroxylation is 2. The number of carbonyl (C=O) groups excluding carboxylic acids is 2. The summed E-state index contributed by atoms with van der Waals surface area (Å²) < 4.78 is 5.12. The van der Waals surface area contributed by atoms with Crippen LogP contribution in [0.2, 0.25) is 0 Å². The molecule has 0 spiro atoms. The molecule has 0 radical (unpaired) electrons. The van der Waals surface area contributed by atoms with Gasteiger partial charge in [0.25, 0.3) is 0 Å². The second kappa shape index (κ2) is 8.19. The molecule has 0 aliphatic rings. The molecule has 1 aromatic heterocycles. The lowest BCUT2D eigenvalue weighted by Crippen LogP contribution is -2.42. The zero-order valence-corrected chi connectivity index (χ0v) is 14.2. The maximum absolute atomic E-state index is 11.9. The van der Waals surface area contributed by atoms with Gasteiger partial charge in [-0.3, -0.25) is 4.79 Å². The van der Waals surface area contributed by atoms with Gasteiger partial charge in [-0.15, -0.1) is 0 Å². The van der Waals surface area contributed by atoms with E-state index in [1.807, 2.05) is 32.9 Å². The first-order chi connectivity index (χ1) is 11.4. The van der Waals surface area contributed by atoms with E-state index in [1.165, 1.54) is 0 Å². The highest BCUT2D eigenvalue weighted by Crippen LogP contribution is 2.16. The van der Waals surface area contributed by atoms with Crippen molar-refractivity contribution >= 4 is 11.9 Å². The Balaban J connectivity index is 1.74. The lowest BCUT2D eigenvalue weighted by molar-refractivity contribution is -0.120. The molecule has 2 rings (SSSR count). The van der Waals surface area contributed by atoms with Crippen molar-refractivity contribution in [3.8, 4) is 0 Å². The van der Waals surface area contributed by atoms with Crippen LogP contribution in [0, 0.1) is 13.8 Å². The van der Waals surface area contributed by atoms with E-state index in [-0.39, 0.29) is 24.5 Å². The highest BCUT2D eigenvalue weighted by Gasteiger charge is 2.11. The lowest BCUT2D eigenvalue weighted by atomic mass is 10.0.